The third kappa shape index (κ3) is 3.82. The Balaban J connectivity index is 1.35. The minimum absolute atomic E-state index is 0.00998. The van der Waals surface area contributed by atoms with Crippen molar-refractivity contribution in [1.82, 2.24) is 19.2 Å². The predicted molar refractivity (Wildman–Crippen MR) is 119 cm³/mol. The van der Waals surface area contributed by atoms with Crippen LogP contribution in [0.1, 0.15) is 60.5 Å². The number of likely N-dealkylation sites (tertiary alicyclic amines) is 1. The van der Waals surface area contributed by atoms with E-state index in [1.807, 2.05) is 70.1 Å². The van der Waals surface area contributed by atoms with Gasteiger partial charge in [-0.3, -0.25) is 9.36 Å². The van der Waals surface area contributed by atoms with Gasteiger partial charge in [-0.05, 0) is 36.8 Å². The van der Waals surface area contributed by atoms with E-state index in [0.29, 0.717) is 19.1 Å². The molecule has 1 saturated heterocycles. The van der Waals surface area contributed by atoms with E-state index in [1.165, 1.54) is 4.68 Å². The van der Waals surface area contributed by atoms with E-state index in [1.54, 1.807) is 7.05 Å². The summed E-state index contributed by atoms with van der Waals surface area (Å²) in [6, 6.07) is 20.4. The first-order valence-electron chi connectivity index (χ1n) is 11.2. The maximum absolute atomic E-state index is 13.6. The number of carbonyl (C=O) groups is 1. The van der Waals surface area contributed by atoms with Crippen molar-refractivity contribution in [2.24, 2.45) is 7.05 Å². The summed E-state index contributed by atoms with van der Waals surface area (Å²) in [6.45, 7) is 1.38. The van der Waals surface area contributed by atoms with Gasteiger partial charge in [0.2, 0.25) is 5.91 Å². The van der Waals surface area contributed by atoms with Gasteiger partial charge in [-0.1, -0.05) is 60.7 Å². The van der Waals surface area contributed by atoms with Gasteiger partial charge in [-0.2, -0.15) is 5.10 Å². The fraction of sp³-hybridized carbons (Fsp3) is 0.400. The molecule has 1 amide bonds. The number of piperidine rings is 1. The van der Waals surface area contributed by atoms with E-state index in [2.05, 4.69) is 5.10 Å². The van der Waals surface area contributed by atoms with Crippen LogP contribution in [0.2, 0.25) is 0 Å². The zero-order valence-corrected chi connectivity index (χ0v) is 17.9. The molecule has 0 radical (unpaired) electrons. The molecule has 1 aliphatic carbocycles. The Bertz CT molecular complexity index is 1070. The quantitative estimate of drug-likeness (QED) is 0.640. The molecule has 2 fully saturated rings. The van der Waals surface area contributed by atoms with Crippen LogP contribution in [0.5, 0.6) is 0 Å². The minimum Gasteiger partial charge on any atom is -0.342 e. The third-order valence-corrected chi connectivity index (χ3v) is 6.58. The SMILES string of the molecule is Cn1nc(C2CCN(C(=O)C(c3ccccc3)c3ccccc3)CC2)n(C2CC2)c1=O. The molecule has 6 heteroatoms. The number of rotatable bonds is 5. The molecule has 2 aliphatic rings. The van der Waals surface area contributed by atoms with Gasteiger partial charge < -0.3 is 4.90 Å². The maximum atomic E-state index is 13.6. The molecule has 5 rings (SSSR count). The van der Waals surface area contributed by atoms with Crippen LogP contribution in [0.4, 0.5) is 0 Å². The van der Waals surface area contributed by atoms with Crippen molar-refractivity contribution in [2.45, 2.75) is 43.6 Å². The van der Waals surface area contributed by atoms with Crippen LogP contribution in [-0.2, 0) is 11.8 Å². The molecule has 1 aliphatic heterocycles. The molecule has 1 saturated carbocycles. The smallest absolute Gasteiger partial charge is 0.342 e. The number of hydrogen-bond donors (Lipinski definition) is 0. The number of carbonyl (C=O) groups excluding carboxylic acids is 1. The number of nitrogens with zero attached hydrogens (tertiary/aromatic N) is 4. The number of hydrogen-bond acceptors (Lipinski definition) is 3. The van der Waals surface area contributed by atoms with Crippen LogP contribution >= 0.6 is 0 Å². The lowest BCUT2D eigenvalue weighted by molar-refractivity contribution is -0.133. The second kappa shape index (κ2) is 8.17. The van der Waals surface area contributed by atoms with Gasteiger partial charge >= 0.3 is 5.69 Å². The van der Waals surface area contributed by atoms with Crippen molar-refractivity contribution < 1.29 is 4.79 Å². The highest BCUT2D eigenvalue weighted by Gasteiger charge is 2.35. The van der Waals surface area contributed by atoms with Crippen LogP contribution in [0, 0.1) is 0 Å². The molecular formula is C25H28N4O2. The van der Waals surface area contributed by atoms with Gasteiger partial charge in [0, 0.05) is 32.1 Å². The maximum Gasteiger partial charge on any atom is 0.345 e. The summed E-state index contributed by atoms with van der Waals surface area (Å²) in [5.41, 5.74) is 2.03. The summed E-state index contributed by atoms with van der Waals surface area (Å²) < 4.78 is 3.37. The molecule has 0 bridgehead atoms. The van der Waals surface area contributed by atoms with Gasteiger partial charge in [0.05, 0.1) is 5.92 Å². The fourth-order valence-corrected chi connectivity index (χ4v) is 4.76. The average Bonchev–Trinajstić information content (AvgIpc) is 3.61. The Kier molecular flexibility index (Phi) is 5.22. The molecular weight excluding hydrogens is 388 g/mol. The number of aromatic nitrogens is 3. The Morgan fingerprint density at radius 3 is 1.97 bits per heavy atom. The molecule has 2 heterocycles. The summed E-state index contributed by atoms with van der Waals surface area (Å²) in [6.07, 6.45) is 3.80. The van der Waals surface area contributed by atoms with Crippen LogP contribution < -0.4 is 5.69 Å². The summed E-state index contributed by atoms with van der Waals surface area (Å²) >= 11 is 0. The van der Waals surface area contributed by atoms with Gasteiger partial charge in [0.25, 0.3) is 0 Å². The minimum atomic E-state index is -0.293. The third-order valence-electron chi connectivity index (χ3n) is 6.58. The Morgan fingerprint density at radius 1 is 0.903 bits per heavy atom. The predicted octanol–water partition coefficient (Wildman–Crippen LogP) is 3.45. The lowest BCUT2D eigenvalue weighted by atomic mass is 9.88. The lowest BCUT2D eigenvalue weighted by Crippen LogP contribution is -2.41. The van der Waals surface area contributed by atoms with Crippen molar-refractivity contribution in [3.8, 4) is 0 Å². The summed E-state index contributed by atoms with van der Waals surface area (Å²) in [5.74, 6) is 0.991. The van der Waals surface area contributed by atoms with Crippen molar-refractivity contribution in [3.63, 3.8) is 0 Å². The second-order valence-corrected chi connectivity index (χ2v) is 8.72. The van der Waals surface area contributed by atoms with Crippen molar-refractivity contribution in [2.75, 3.05) is 13.1 Å². The largest absolute Gasteiger partial charge is 0.345 e. The molecule has 160 valence electrons. The van der Waals surface area contributed by atoms with Crippen LogP contribution in [0.3, 0.4) is 0 Å². The molecule has 0 N–H and O–H groups in total. The first-order valence-corrected chi connectivity index (χ1v) is 11.2. The molecule has 3 aromatic rings. The van der Waals surface area contributed by atoms with Gasteiger partial charge in [-0.25, -0.2) is 9.48 Å². The molecule has 0 unspecified atom stereocenters. The lowest BCUT2D eigenvalue weighted by Gasteiger charge is -2.34. The standard InChI is InChI=1S/C25H28N4O2/c1-27-25(31)29(21-12-13-21)23(26-27)20-14-16-28(17-15-20)24(30)22(18-8-4-2-5-9-18)19-10-6-3-7-11-19/h2-11,20-22H,12-17H2,1H3. The Hall–Kier alpha value is -3.15. The van der Waals surface area contributed by atoms with Crippen molar-refractivity contribution in [3.05, 3.63) is 88.1 Å². The van der Waals surface area contributed by atoms with E-state index >= 15 is 0 Å². The second-order valence-electron chi connectivity index (χ2n) is 8.72. The first-order chi connectivity index (χ1) is 15.1. The van der Waals surface area contributed by atoms with Crippen LogP contribution in [0.25, 0.3) is 0 Å². The molecule has 0 spiro atoms. The Labute approximate surface area is 182 Å². The topological polar surface area (TPSA) is 60.1 Å². The summed E-state index contributed by atoms with van der Waals surface area (Å²) in [5, 5.41) is 4.56. The van der Waals surface area contributed by atoms with E-state index < -0.39 is 0 Å². The van der Waals surface area contributed by atoms with E-state index in [-0.39, 0.29) is 23.4 Å². The van der Waals surface area contributed by atoms with Crippen molar-refractivity contribution in [1.29, 1.82) is 0 Å². The Morgan fingerprint density at radius 2 is 1.45 bits per heavy atom. The highest BCUT2D eigenvalue weighted by atomic mass is 16.2. The van der Waals surface area contributed by atoms with E-state index in [4.69, 9.17) is 0 Å². The van der Waals surface area contributed by atoms with Gasteiger partial charge in [0.1, 0.15) is 5.82 Å². The molecule has 6 nitrogen and oxygen atoms in total. The number of benzene rings is 2. The number of aryl methyl sites for hydroxylation is 1. The summed E-state index contributed by atoms with van der Waals surface area (Å²) in [7, 11) is 1.73. The monoisotopic (exact) mass is 416 g/mol. The zero-order valence-electron chi connectivity index (χ0n) is 17.9. The van der Waals surface area contributed by atoms with E-state index in [9.17, 15) is 9.59 Å². The normalized spacial score (nSPS) is 17.3. The molecule has 1 aromatic heterocycles. The van der Waals surface area contributed by atoms with Gasteiger partial charge in [-0.15, -0.1) is 0 Å². The molecule has 2 aromatic carbocycles. The summed E-state index contributed by atoms with van der Waals surface area (Å²) in [4.78, 5) is 28.1. The molecule has 31 heavy (non-hydrogen) atoms. The van der Waals surface area contributed by atoms with Crippen LogP contribution in [0.15, 0.2) is 65.5 Å². The zero-order chi connectivity index (χ0) is 21.4. The highest BCUT2D eigenvalue weighted by Crippen LogP contribution is 2.38. The van der Waals surface area contributed by atoms with Crippen molar-refractivity contribution >= 4 is 5.91 Å². The van der Waals surface area contributed by atoms with E-state index in [0.717, 1.165) is 42.6 Å². The number of amides is 1. The average molecular weight is 417 g/mol. The molecule has 0 atom stereocenters. The van der Waals surface area contributed by atoms with Gasteiger partial charge in [0.15, 0.2) is 0 Å². The highest BCUT2D eigenvalue weighted by molar-refractivity contribution is 5.87. The first kappa shape index (κ1) is 19.8. The van der Waals surface area contributed by atoms with Crippen LogP contribution in [-0.4, -0.2) is 38.2 Å². The fourth-order valence-electron chi connectivity index (χ4n) is 4.76.